The lowest BCUT2D eigenvalue weighted by atomic mass is 9.72. The number of hydrogen-bond donors (Lipinski definition) is 1. The van der Waals surface area contributed by atoms with Crippen LogP contribution >= 0.6 is 0 Å². The van der Waals surface area contributed by atoms with Crippen LogP contribution in [0.5, 0.6) is 5.75 Å². The van der Waals surface area contributed by atoms with Gasteiger partial charge in [0, 0.05) is 25.6 Å². The molecular weight excluding hydrogens is 438 g/mol. The predicted octanol–water partition coefficient (Wildman–Crippen LogP) is 3.84. The molecule has 2 N–H and O–H groups in total. The number of hydrogen-bond acceptors (Lipinski definition) is 6. The van der Waals surface area contributed by atoms with E-state index in [2.05, 4.69) is 28.1 Å². The van der Waals surface area contributed by atoms with E-state index in [9.17, 15) is 0 Å². The van der Waals surface area contributed by atoms with E-state index in [1.165, 1.54) is 0 Å². The lowest BCUT2D eigenvalue weighted by molar-refractivity contribution is -0.750. The quantitative estimate of drug-likeness (QED) is 0.493. The fourth-order valence-electron chi connectivity index (χ4n) is 5.43. The second-order valence-corrected chi connectivity index (χ2v) is 9.81. The molecule has 2 aromatic carbocycles. The Labute approximate surface area is 206 Å². The molecule has 0 radical (unpaired) electrons. The Morgan fingerprint density at radius 1 is 1.06 bits per heavy atom. The average molecular weight is 471 g/mol. The van der Waals surface area contributed by atoms with Gasteiger partial charge < -0.3 is 9.47 Å². The van der Waals surface area contributed by atoms with Crippen LogP contribution < -0.4 is 10.6 Å². The van der Waals surface area contributed by atoms with Gasteiger partial charge >= 0.3 is 0 Å². The number of ether oxygens (including phenoxy) is 2. The van der Waals surface area contributed by atoms with E-state index >= 15 is 0 Å². The van der Waals surface area contributed by atoms with Crippen molar-refractivity contribution in [3.05, 3.63) is 89.5 Å². The Kier molecular flexibility index (Phi) is 6.08. The van der Waals surface area contributed by atoms with Gasteiger partial charge in [-0.2, -0.15) is 10.8 Å². The molecule has 7 nitrogen and oxygen atoms in total. The third kappa shape index (κ3) is 4.48. The first-order valence-electron chi connectivity index (χ1n) is 12.5. The van der Waals surface area contributed by atoms with Gasteiger partial charge in [-0.1, -0.05) is 36.4 Å². The molecule has 35 heavy (non-hydrogen) atoms. The summed E-state index contributed by atoms with van der Waals surface area (Å²) in [4.78, 5) is 12.1. The molecule has 0 amide bonds. The van der Waals surface area contributed by atoms with Crippen molar-refractivity contribution >= 4 is 12.1 Å². The van der Waals surface area contributed by atoms with E-state index in [-0.39, 0.29) is 4.59 Å². The molecule has 4 aliphatic rings. The molecule has 6 rings (SSSR count). The number of morpholine rings is 1. The van der Waals surface area contributed by atoms with Crippen LogP contribution in [0.1, 0.15) is 24.0 Å². The minimum absolute atomic E-state index is 0.0611. The maximum Gasteiger partial charge on any atom is 0.265 e. The highest BCUT2D eigenvalue weighted by Gasteiger charge is 2.48. The first-order valence-corrected chi connectivity index (χ1v) is 12.5. The van der Waals surface area contributed by atoms with E-state index < -0.39 is 0 Å². The van der Waals surface area contributed by atoms with Gasteiger partial charge in [0.2, 0.25) is 5.70 Å². The zero-order valence-electron chi connectivity index (χ0n) is 19.9. The lowest BCUT2D eigenvalue weighted by Crippen LogP contribution is -2.53. The van der Waals surface area contributed by atoms with Crippen molar-refractivity contribution < 1.29 is 14.1 Å². The summed E-state index contributed by atoms with van der Waals surface area (Å²) in [5.74, 6) is 9.70. The van der Waals surface area contributed by atoms with Gasteiger partial charge in [0.25, 0.3) is 5.84 Å². The maximum absolute atomic E-state index is 6.95. The first-order chi connectivity index (χ1) is 17.2. The highest BCUT2D eigenvalue weighted by Crippen LogP contribution is 2.45. The highest BCUT2D eigenvalue weighted by molar-refractivity contribution is 6.00. The molecule has 7 heteroatoms. The number of rotatable bonds is 7. The van der Waals surface area contributed by atoms with E-state index in [1.807, 2.05) is 48.8 Å². The number of quaternary nitrogens is 1. The lowest BCUT2D eigenvalue weighted by Gasteiger charge is -2.39. The number of nitrogens with two attached hydrogens (primary N) is 1. The molecule has 0 aromatic heterocycles. The van der Waals surface area contributed by atoms with E-state index in [0.717, 1.165) is 79.8 Å². The molecule has 2 aromatic rings. The summed E-state index contributed by atoms with van der Waals surface area (Å²) in [6.45, 7) is 5.46. The molecule has 3 heterocycles. The van der Waals surface area contributed by atoms with Crippen molar-refractivity contribution in [1.29, 1.82) is 0 Å². The van der Waals surface area contributed by atoms with Gasteiger partial charge in [-0.25, -0.2) is 0 Å². The molecule has 180 valence electrons. The Hall–Kier alpha value is -3.10. The van der Waals surface area contributed by atoms with Gasteiger partial charge in [0.15, 0.2) is 0 Å². The second-order valence-electron chi connectivity index (χ2n) is 9.81. The standard InChI is InChI=1S/C28H32N5O2/c29-33-12-9-30-18-26(33)27(24-15-22(16-24)19-32-10-13-34-14-11-32)31-28(33)23-7-4-8-25(17-23)35-20-21-5-2-1-3-6-21/h1-9,12,17-18,22,24H,10-11,13-16,19-20,29H2/q+1. The van der Waals surface area contributed by atoms with Crippen LogP contribution in [0.2, 0.25) is 0 Å². The fourth-order valence-corrected chi connectivity index (χ4v) is 5.43. The minimum Gasteiger partial charge on any atom is -0.489 e. The maximum atomic E-state index is 6.95. The van der Waals surface area contributed by atoms with Crippen molar-refractivity contribution in [2.75, 3.05) is 32.8 Å². The van der Waals surface area contributed by atoms with E-state index in [1.54, 1.807) is 6.20 Å². The van der Waals surface area contributed by atoms with Crippen LogP contribution in [-0.4, -0.2) is 54.4 Å². The SMILES string of the molecule is N[N+]12C=CN=CC1=C(C1CC(CN3CCOCC3)C1)N=C2c1cccc(OCc2ccccc2)c1. The summed E-state index contributed by atoms with van der Waals surface area (Å²) in [6, 6.07) is 18.3. The van der Waals surface area contributed by atoms with Crippen LogP contribution in [-0.2, 0) is 11.3 Å². The number of aliphatic imine (C=N–C) groups is 2. The first kappa shape index (κ1) is 22.4. The zero-order valence-corrected chi connectivity index (χ0v) is 19.9. The van der Waals surface area contributed by atoms with Crippen molar-refractivity contribution in [2.45, 2.75) is 19.4 Å². The Balaban J connectivity index is 1.19. The van der Waals surface area contributed by atoms with Gasteiger partial charge in [0.05, 0.1) is 31.2 Å². The molecule has 3 aliphatic heterocycles. The number of amidine groups is 1. The molecule has 1 unspecified atom stereocenters. The molecule has 2 fully saturated rings. The van der Waals surface area contributed by atoms with Crippen molar-refractivity contribution in [3.63, 3.8) is 0 Å². The van der Waals surface area contributed by atoms with Gasteiger partial charge in [-0.3, -0.25) is 9.89 Å². The van der Waals surface area contributed by atoms with Crippen LogP contribution in [0.15, 0.2) is 88.4 Å². The number of benzene rings is 2. The van der Waals surface area contributed by atoms with Crippen molar-refractivity contribution in [2.24, 2.45) is 27.7 Å². The normalized spacial score (nSPS) is 28.0. The average Bonchev–Trinajstić information content (AvgIpc) is 3.19. The topological polar surface area (TPSA) is 72.4 Å². The van der Waals surface area contributed by atoms with E-state index in [0.29, 0.717) is 18.4 Å². The van der Waals surface area contributed by atoms with E-state index in [4.69, 9.17) is 20.3 Å². The molecule has 1 saturated carbocycles. The van der Waals surface area contributed by atoms with Crippen LogP contribution in [0.3, 0.4) is 0 Å². The summed E-state index contributed by atoms with van der Waals surface area (Å²) < 4.78 is 11.6. The second kappa shape index (κ2) is 9.51. The Morgan fingerprint density at radius 2 is 1.89 bits per heavy atom. The number of fused-ring (bicyclic) bond motifs is 1. The Morgan fingerprint density at radius 3 is 2.71 bits per heavy atom. The third-order valence-corrected chi connectivity index (χ3v) is 7.41. The summed E-state index contributed by atoms with van der Waals surface area (Å²) >= 11 is 0. The third-order valence-electron chi connectivity index (χ3n) is 7.41. The molecular formula is C28H32N5O2+. The van der Waals surface area contributed by atoms with Crippen LogP contribution in [0.4, 0.5) is 0 Å². The van der Waals surface area contributed by atoms with Crippen molar-refractivity contribution in [1.82, 2.24) is 4.90 Å². The van der Waals surface area contributed by atoms with Gasteiger partial charge in [-0.15, -0.1) is 4.59 Å². The minimum atomic E-state index is 0.0611. The van der Waals surface area contributed by atoms with Crippen molar-refractivity contribution in [3.8, 4) is 5.75 Å². The number of nitrogens with zero attached hydrogens (tertiary/aromatic N) is 4. The summed E-state index contributed by atoms with van der Waals surface area (Å²) in [5, 5.41) is 0. The summed E-state index contributed by atoms with van der Waals surface area (Å²) in [6.07, 6.45) is 7.86. The smallest absolute Gasteiger partial charge is 0.265 e. The summed E-state index contributed by atoms with van der Waals surface area (Å²) in [7, 11) is 0. The fraction of sp³-hybridized carbons (Fsp3) is 0.357. The highest BCUT2D eigenvalue weighted by atomic mass is 16.5. The summed E-state index contributed by atoms with van der Waals surface area (Å²) in [5.41, 5.74) is 4.17. The number of allylic oxidation sites excluding steroid dienone is 2. The van der Waals surface area contributed by atoms with Gasteiger partial charge in [-0.05, 0) is 42.5 Å². The molecule has 1 saturated heterocycles. The molecule has 0 spiro atoms. The molecule has 0 bridgehead atoms. The predicted molar refractivity (Wildman–Crippen MR) is 136 cm³/mol. The monoisotopic (exact) mass is 470 g/mol. The van der Waals surface area contributed by atoms with Crippen LogP contribution in [0.25, 0.3) is 0 Å². The molecule has 1 aliphatic carbocycles. The van der Waals surface area contributed by atoms with Crippen LogP contribution in [0, 0.1) is 11.8 Å². The Bertz CT molecular complexity index is 1190. The zero-order chi connectivity index (χ0) is 23.7. The van der Waals surface area contributed by atoms with Gasteiger partial charge in [0.1, 0.15) is 24.3 Å². The largest absolute Gasteiger partial charge is 0.489 e. The molecule has 1 atom stereocenters.